The number of ether oxygens (including phenoxy) is 1. The number of amides is 3. The van der Waals surface area contributed by atoms with Crippen LogP contribution in [-0.4, -0.2) is 55.0 Å². The summed E-state index contributed by atoms with van der Waals surface area (Å²) in [7, 11) is 0. The van der Waals surface area contributed by atoms with Gasteiger partial charge in [0.25, 0.3) is 0 Å². The second kappa shape index (κ2) is 7.75. The number of likely N-dealkylation sites (tertiary alicyclic amines) is 1. The smallest absolute Gasteiger partial charge is 0.247 e. The maximum Gasteiger partial charge on any atom is 0.247 e. The number of imide groups is 1. The molecular weight excluding hydrogens is 358 g/mol. The van der Waals surface area contributed by atoms with Crippen molar-refractivity contribution >= 4 is 29.1 Å². The lowest BCUT2D eigenvalue weighted by molar-refractivity contribution is -0.146. The minimum absolute atomic E-state index is 0.232. The number of hydrogen-bond donors (Lipinski definition) is 1. The van der Waals surface area contributed by atoms with E-state index in [2.05, 4.69) is 10.2 Å². The lowest BCUT2D eigenvalue weighted by atomic mass is 9.85. The summed E-state index contributed by atoms with van der Waals surface area (Å²) in [5.74, 6) is -1.46. The highest BCUT2D eigenvalue weighted by molar-refractivity contribution is 6.10. The second-order valence-electron chi connectivity index (χ2n) is 7.51. The molecule has 7 heteroatoms. The van der Waals surface area contributed by atoms with Gasteiger partial charge in [-0.15, -0.1) is 0 Å². The van der Waals surface area contributed by atoms with Crippen LogP contribution in [0.15, 0.2) is 36.4 Å². The Bertz CT molecular complexity index is 772. The highest BCUT2D eigenvalue weighted by Gasteiger charge is 2.50. The van der Waals surface area contributed by atoms with Crippen LogP contribution in [0.2, 0.25) is 0 Å². The highest BCUT2D eigenvalue weighted by atomic mass is 16.5. The van der Waals surface area contributed by atoms with Gasteiger partial charge in [0.1, 0.15) is 6.04 Å². The largest absolute Gasteiger partial charge is 0.378 e. The van der Waals surface area contributed by atoms with Gasteiger partial charge in [-0.2, -0.15) is 0 Å². The van der Waals surface area contributed by atoms with Crippen molar-refractivity contribution in [2.24, 2.45) is 11.8 Å². The SMILES string of the molecule is C[C@@H](C(=O)Nc1ccc(N2CCOCC2)cc1)N1C(=O)[C@@H]2CC=CC[C@H]2C1=O. The third-order valence-corrected chi connectivity index (χ3v) is 5.82. The lowest BCUT2D eigenvalue weighted by Gasteiger charge is -2.29. The molecule has 2 fully saturated rings. The molecule has 0 spiro atoms. The third-order valence-electron chi connectivity index (χ3n) is 5.82. The first-order chi connectivity index (χ1) is 13.6. The fraction of sp³-hybridized carbons (Fsp3) is 0.476. The van der Waals surface area contributed by atoms with E-state index >= 15 is 0 Å². The number of fused-ring (bicyclic) bond motifs is 1. The fourth-order valence-corrected chi connectivity index (χ4v) is 4.15. The summed E-state index contributed by atoms with van der Waals surface area (Å²) < 4.78 is 5.36. The average molecular weight is 383 g/mol. The third kappa shape index (κ3) is 3.42. The average Bonchev–Trinajstić information content (AvgIpc) is 2.99. The Kier molecular flexibility index (Phi) is 5.17. The van der Waals surface area contributed by atoms with E-state index in [1.807, 2.05) is 36.4 Å². The molecule has 28 heavy (non-hydrogen) atoms. The summed E-state index contributed by atoms with van der Waals surface area (Å²) in [5, 5.41) is 2.83. The molecule has 1 aromatic carbocycles. The van der Waals surface area contributed by atoms with Crippen molar-refractivity contribution in [2.75, 3.05) is 36.5 Å². The van der Waals surface area contributed by atoms with Crippen LogP contribution in [0.3, 0.4) is 0 Å². The first-order valence-corrected chi connectivity index (χ1v) is 9.82. The summed E-state index contributed by atoms with van der Waals surface area (Å²) in [4.78, 5) is 41.4. The Balaban J connectivity index is 1.40. The van der Waals surface area contributed by atoms with Gasteiger partial charge < -0.3 is 15.0 Å². The number of carbonyl (C=O) groups excluding carboxylic acids is 3. The van der Waals surface area contributed by atoms with Crippen LogP contribution in [0.4, 0.5) is 11.4 Å². The quantitative estimate of drug-likeness (QED) is 0.634. The van der Waals surface area contributed by atoms with E-state index in [-0.39, 0.29) is 29.6 Å². The van der Waals surface area contributed by atoms with E-state index in [4.69, 9.17) is 4.74 Å². The summed E-state index contributed by atoms with van der Waals surface area (Å²) >= 11 is 0. The molecule has 2 saturated heterocycles. The molecule has 2 aliphatic heterocycles. The molecule has 0 bridgehead atoms. The van der Waals surface area contributed by atoms with Gasteiger partial charge >= 0.3 is 0 Å². The molecule has 7 nitrogen and oxygen atoms in total. The van der Waals surface area contributed by atoms with Gasteiger partial charge in [0.15, 0.2) is 0 Å². The van der Waals surface area contributed by atoms with Crippen molar-refractivity contribution in [3.05, 3.63) is 36.4 Å². The van der Waals surface area contributed by atoms with E-state index in [0.29, 0.717) is 31.7 Å². The fourth-order valence-electron chi connectivity index (χ4n) is 4.15. The predicted octanol–water partition coefficient (Wildman–Crippen LogP) is 1.80. The van der Waals surface area contributed by atoms with Crippen LogP contribution in [0.25, 0.3) is 0 Å². The van der Waals surface area contributed by atoms with E-state index in [0.717, 1.165) is 23.7 Å². The molecule has 3 aliphatic rings. The van der Waals surface area contributed by atoms with Crippen molar-refractivity contribution in [2.45, 2.75) is 25.8 Å². The van der Waals surface area contributed by atoms with Crippen molar-refractivity contribution in [1.82, 2.24) is 4.90 Å². The normalized spacial score (nSPS) is 25.6. The molecular formula is C21H25N3O4. The molecule has 1 N–H and O–H groups in total. The van der Waals surface area contributed by atoms with Crippen LogP contribution in [0.5, 0.6) is 0 Å². The molecule has 4 rings (SSSR count). The van der Waals surface area contributed by atoms with E-state index in [1.54, 1.807) is 6.92 Å². The monoisotopic (exact) mass is 383 g/mol. The van der Waals surface area contributed by atoms with Crippen molar-refractivity contribution in [3.63, 3.8) is 0 Å². The number of allylic oxidation sites excluding steroid dienone is 2. The van der Waals surface area contributed by atoms with Crippen LogP contribution in [0, 0.1) is 11.8 Å². The zero-order chi connectivity index (χ0) is 19.7. The summed E-state index contributed by atoms with van der Waals surface area (Å²) in [6.07, 6.45) is 5.03. The first kappa shape index (κ1) is 18.7. The number of carbonyl (C=O) groups is 3. The standard InChI is InChI=1S/C21H25N3O4/c1-14(24-20(26)17-4-2-3-5-18(17)21(24)27)19(25)22-15-6-8-16(9-7-15)23-10-12-28-13-11-23/h2-3,6-9,14,17-18H,4-5,10-13H2,1H3,(H,22,25)/t14-,17+,18+/m0/s1. The Morgan fingerprint density at radius 2 is 1.61 bits per heavy atom. The van der Waals surface area contributed by atoms with Gasteiger partial charge in [-0.3, -0.25) is 19.3 Å². The molecule has 0 radical (unpaired) electrons. The van der Waals surface area contributed by atoms with E-state index in [1.165, 1.54) is 0 Å². The molecule has 3 atom stereocenters. The summed E-state index contributed by atoms with van der Waals surface area (Å²) in [5.41, 5.74) is 1.72. The molecule has 0 saturated carbocycles. The van der Waals surface area contributed by atoms with Gasteiger partial charge in [0.2, 0.25) is 17.7 Å². The van der Waals surface area contributed by atoms with Crippen molar-refractivity contribution in [3.8, 4) is 0 Å². The zero-order valence-corrected chi connectivity index (χ0v) is 16.0. The Hall–Kier alpha value is -2.67. The van der Waals surface area contributed by atoms with Gasteiger partial charge in [-0.1, -0.05) is 12.2 Å². The van der Waals surface area contributed by atoms with Crippen molar-refractivity contribution < 1.29 is 19.1 Å². The first-order valence-electron chi connectivity index (χ1n) is 9.82. The Morgan fingerprint density at radius 3 is 2.18 bits per heavy atom. The number of nitrogens with zero attached hydrogens (tertiary/aromatic N) is 2. The number of morpholine rings is 1. The van der Waals surface area contributed by atoms with Gasteiger partial charge in [-0.25, -0.2) is 0 Å². The zero-order valence-electron chi connectivity index (χ0n) is 16.0. The number of nitrogens with one attached hydrogen (secondary N) is 1. The number of rotatable bonds is 4. The number of anilines is 2. The van der Waals surface area contributed by atoms with Crippen LogP contribution in [0.1, 0.15) is 19.8 Å². The maximum atomic E-state index is 12.7. The van der Waals surface area contributed by atoms with Crippen LogP contribution >= 0.6 is 0 Å². The molecule has 1 aromatic rings. The molecule has 0 unspecified atom stereocenters. The number of hydrogen-bond acceptors (Lipinski definition) is 5. The Labute approximate surface area is 164 Å². The summed E-state index contributed by atoms with van der Waals surface area (Å²) in [6.45, 7) is 4.73. The highest BCUT2D eigenvalue weighted by Crippen LogP contribution is 2.36. The lowest BCUT2D eigenvalue weighted by Crippen LogP contribution is -2.46. The molecule has 3 amide bonds. The van der Waals surface area contributed by atoms with E-state index < -0.39 is 6.04 Å². The van der Waals surface area contributed by atoms with Gasteiger partial charge in [-0.05, 0) is 44.0 Å². The minimum Gasteiger partial charge on any atom is -0.378 e. The van der Waals surface area contributed by atoms with Crippen LogP contribution in [-0.2, 0) is 19.1 Å². The maximum absolute atomic E-state index is 12.7. The van der Waals surface area contributed by atoms with Gasteiger partial charge in [0, 0.05) is 24.5 Å². The number of benzene rings is 1. The molecule has 2 heterocycles. The Morgan fingerprint density at radius 1 is 1.04 bits per heavy atom. The molecule has 0 aromatic heterocycles. The molecule has 148 valence electrons. The second-order valence-corrected chi connectivity index (χ2v) is 7.51. The summed E-state index contributed by atoms with van der Waals surface area (Å²) in [6, 6.07) is 6.76. The van der Waals surface area contributed by atoms with E-state index in [9.17, 15) is 14.4 Å². The van der Waals surface area contributed by atoms with Gasteiger partial charge in [0.05, 0.1) is 25.0 Å². The van der Waals surface area contributed by atoms with Crippen LogP contribution < -0.4 is 10.2 Å². The molecule has 1 aliphatic carbocycles. The topological polar surface area (TPSA) is 79.0 Å². The minimum atomic E-state index is -0.829. The predicted molar refractivity (Wildman–Crippen MR) is 105 cm³/mol. The van der Waals surface area contributed by atoms with Crippen molar-refractivity contribution in [1.29, 1.82) is 0 Å².